The van der Waals surface area contributed by atoms with E-state index in [2.05, 4.69) is 33.0 Å². The van der Waals surface area contributed by atoms with Gasteiger partial charge in [0, 0.05) is 18.5 Å². The van der Waals surface area contributed by atoms with Crippen LogP contribution in [0.3, 0.4) is 0 Å². The summed E-state index contributed by atoms with van der Waals surface area (Å²) in [6.45, 7) is 1.95. The van der Waals surface area contributed by atoms with E-state index in [9.17, 15) is 14.4 Å². The molecule has 0 saturated heterocycles. The summed E-state index contributed by atoms with van der Waals surface area (Å²) in [6.07, 6.45) is -0.370. The predicted molar refractivity (Wildman–Crippen MR) is 121 cm³/mol. The summed E-state index contributed by atoms with van der Waals surface area (Å²) in [4.78, 5) is 35.3. The molecular formula is C24H24N4O5. The van der Waals surface area contributed by atoms with Crippen molar-refractivity contribution >= 4 is 23.8 Å². The second-order valence-corrected chi connectivity index (χ2v) is 7.90. The number of hydrogen-bond acceptors (Lipinski definition) is 5. The molecule has 4 rings (SSSR count). The molecular weight excluding hydrogens is 424 g/mol. The molecule has 33 heavy (non-hydrogen) atoms. The number of benzene rings is 2. The van der Waals surface area contributed by atoms with Crippen molar-refractivity contribution in [2.75, 3.05) is 18.5 Å². The van der Waals surface area contributed by atoms with Gasteiger partial charge in [0.25, 0.3) is 5.91 Å². The van der Waals surface area contributed by atoms with Gasteiger partial charge in [-0.3, -0.25) is 20.0 Å². The molecule has 4 N–H and O–H groups in total. The van der Waals surface area contributed by atoms with Gasteiger partial charge in [0.2, 0.25) is 0 Å². The normalized spacial score (nSPS) is 13.0. The highest BCUT2D eigenvalue weighted by atomic mass is 16.5. The second kappa shape index (κ2) is 9.56. The Bertz CT molecular complexity index is 1140. The van der Waals surface area contributed by atoms with E-state index in [-0.39, 0.29) is 30.6 Å². The van der Waals surface area contributed by atoms with Gasteiger partial charge < -0.3 is 15.2 Å². The van der Waals surface area contributed by atoms with Crippen LogP contribution < -0.4 is 10.6 Å². The Hall–Kier alpha value is -4.14. The van der Waals surface area contributed by atoms with Gasteiger partial charge in [-0.05, 0) is 28.7 Å². The van der Waals surface area contributed by atoms with Gasteiger partial charge in [0.05, 0.1) is 5.92 Å². The van der Waals surface area contributed by atoms with Crippen molar-refractivity contribution < 1.29 is 24.2 Å². The summed E-state index contributed by atoms with van der Waals surface area (Å²) in [5.41, 5.74) is 4.66. The number of carbonyl (C=O) groups excluding carboxylic acids is 2. The number of nitrogens with one attached hydrogen (secondary N) is 3. The first-order chi connectivity index (χ1) is 15.9. The van der Waals surface area contributed by atoms with Crippen molar-refractivity contribution in [3.05, 3.63) is 71.4 Å². The first-order valence-corrected chi connectivity index (χ1v) is 10.6. The summed E-state index contributed by atoms with van der Waals surface area (Å²) in [7, 11) is 0. The molecule has 0 radical (unpaired) electrons. The van der Waals surface area contributed by atoms with Crippen LogP contribution in [0.1, 0.15) is 40.9 Å². The zero-order valence-electron chi connectivity index (χ0n) is 18.0. The fourth-order valence-corrected chi connectivity index (χ4v) is 3.86. The summed E-state index contributed by atoms with van der Waals surface area (Å²) < 4.78 is 5.47. The summed E-state index contributed by atoms with van der Waals surface area (Å²) in [5, 5.41) is 20.5. The smallest absolute Gasteiger partial charge is 0.412 e. The van der Waals surface area contributed by atoms with Crippen LogP contribution in [0.2, 0.25) is 0 Å². The van der Waals surface area contributed by atoms with Crippen molar-refractivity contribution in [3.8, 4) is 11.1 Å². The minimum absolute atomic E-state index is 0.0585. The summed E-state index contributed by atoms with van der Waals surface area (Å²) >= 11 is 0. The third-order valence-corrected chi connectivity index (χ3v) is 5.68. The Labute approximate surface area is 190 Å². The minimum Gasteiger partial charge on any atom is -0.481 e. The van der Waals surface area contributed by atoms with E-state index in [1.54, 1.807) is 6.92 Å². The van der Waals surface area contributed by atoms with E-state index >= 15 is 0 Å². The Morgan fingerprint density at radius 1 is 1.09 bits per heavy atom. The number of anilines is 1. The fourth-order valence-electron chi connectivity index (χ4n) is 3.86. The molecule has 0 saturated carbocycles. The van der Waals surface area contributed by atoms with Gasteiger partial charge in [-0.2, -0.15) is 5.10 Å². The minimum atomic E-state index is -0.916. The highest BCUT2D eigenvalue weighted by Crippen LogP contribution is 2.44. The lowest BCUT2D eigenvalue weighted by atomic mass is 9.98. The number of fused-ring (bicyclic) bond motifs is 3. The Morgan fingerprint density at radius 2 is 1.73 bits per heavy atom. The quantitative estimate of drug-likeness (QED) is 0.416. The topological polar surface area (TPSA) is 133 Å². The molecule has 1 heterocycles. The molecule has 0 aliphatic heterocycles. The highest BCUT2D eigenvalue weighted by molar-refractivity contribution is 5.94. The first kappa shape index (κ1) is 22.1. The maximum Gasteiger partial charge on any atom is 0.412 e. The lowest BCUT2D eigenvalue weighted by molar-refractivity contribution is -0.141. The average Bonchev–Trinajstić information content (AvgIpc) is 3.40. The monoisotopic (exact) mass is 448 g/mol. The van der Waals surface area contributed by atoms with Crippen LogP contribution in [0.25, 0.3) is 11.1 Å². The van der Waals surface area contributed by atoms with Crippen LogP contribution in [-0.4, -0.2) is 46.4 Å². The molecule has 0 fully saturated rings. The molecule has 0 bridgehead atoms. The molecule has 0 spiro atoms. The van der Waals surface area contributed by atoms with Crippen molar-refractivity contribution in [1.29, 1.82) is 0 Å². The molecule has 170 valence electrons. The molecule has 3 aromatic rings. The van der Waals surface area contributed by atoms with Gasteiger partial charge in [0.15, 0.2) is 5.82 Å². The molecule has 1 aliphatic rings. The van der Waals surface area contributed by atoms with Crippen LogP contribution in [0.5, 0.6) is 0 Å². The SMILES string of the molecule is CC(CCNC(=O)c1cc(NC(=O)OCC2c3ccccc3-c3ccccc32)n[nH]1)C(=O)O. The van der Waals surface area contributed by atoms with Crippen LogP contribution in [0, 0.1) is 5.92 Å². The summed E-state index contributed by atoms with van der Waals surface area (Å²) in [6, 6.07) is 17.5. The third kappa shape index (κ3) is 4.87. The van der Waals surface area contributed by atoms with Gasteiger partial charge >= 0.3 is 12.1 Å². The lowest BCUT2D eigenvalue weighted by Gasteiger charge is -2.14. The van der Waals surface area contributed by atoms with Crippen molar-refractivity contribution in [2.24, 2.45) is 5.92 Å². The zero-order valence-corrected chi connectivity index (χ0v) is 18.0. The van der Waals surface area contributed by atoms with E-state index in [1.165, 1.54) is 6.07 Å². The van der Waals surface area contributed by atoms with E-state index in [1.807, 2.05) is 36.4 Å². The van der Waals surface area contributed by atoms with Crippen LogP contribution >= 0.6 is 0 Å². The maximum atomic E-state index is 12.3. The van der Waals surface area contributed by atoms with Gasteiger partial charge in [-0.1, -0.05) is 55.5 Å². The molecule has 9 heteroatoms. The highest BCUT2D eigenvalue weighted by Gasteiger charge is 2.29. The standard InChI is InChI=1S/C24H24N4O5/c1-14(23(30)31)10-11-25-22(29)20-12-21(28-27-20)26-24(32)33-13-19-17-8-4-2-6-15(17)16-7-3-5-9-18(16)19/h2-9,12,14,19H,10-11,13H2,1H3,(H,25,29)(H,30,31)(H2,26,27,28,32). The zero-order chi connectivity index (χ0) is 23.4. The van der Waals surface area contributed by atoms with Crippen molar-refractivity contribution in [1.82, 2.24) is 15.5 Å². The Morgan fingerprint density at radius 3 is 2.36 bits per heavy atom. The molecule has 9 nitrogen and oxygen atoms in total. The number of aliphatic carboxylic acids is 1. The van der Waals surface area contributed by atoms with Crippen molar-refractivity contribution in [2.45, 2.75) is 19.3 Å². The van der Waals surface area contributed by atoms with Crippen LogP contribution in [0.4, 0.5) is 10.6 Å². The molecule has 1 atom stereocenters. The number of ether oxygens (including phenoxy) is 1. The molecule has 1 aromatic heterocycles. The van der Waals surface area contributed by atoms with Crippen molar-refractivity contribution in [3.63, 3.8) is 0 Å². The van der Waals surface area contributed by atoms with Gasteiger partial charge in [0.1, 0.15) is 12.3 Å². The van der Waals surface area contributed by atoms with E-state index in [4.69, 9.17) is 9.84 Å². The van der Waals surface area contributed by atoms with Gasteiger partial charge in [-0.15, -0.1) is 0 Å². The summed E-state index contributed by atoms with van der Waals surface area (Å²) in [5.74, 6) is -1.83. The van der Waals surface area contributed by atoms with E-state index < -0.39 is 23.9 Å². The number of rotatable bonds is 8. The largest absolute Gasteiger partial charge is 0.481 e. The number of H-pyrrole nitrogens is 1. The first-order valence-electron chi connectivity index (χ1n) is 10.6. The number of nitrogens with zero attached hydrogens (tertiary/aromatic N) is 1. The number of carboxylic acid groups (broad SMARTS) is 1. The number of carbonyl (C=O) groups is 3. The molecule has 2 aromatic carbocycles. The third-order valence-electron chi connectivity index (χ3n) is 5.68. The average molecular weight is 448 g/mol. The lowest BCUT2D eigenvalue weighted by Crippen LogP contribution is -2.27. The number of aromatic amines is 1. The van der Waals surface area contributed by atoms with Gasteiger partial charge in [-0.25, -0.2) is 4.79 Å². The fraction of sp³-hybridized carbons (Fsp3) is 0.250. The number of carboxylic acids is 1. The predicted octanol–water partition coefficient (Wildman–Crippen LogP) is 3.61. The Balaban J connectivity index is 1.31. The molecule has 2 amide bonds. The molecule has 1 unspecified atom stereocenters. The van der Waals surface area contributed by atoms with E-state index in [0.29, 0.717) is 6.42 Å². The number of aromatic nitrogens is 2. The Kier molecular flexibility index (Phi) is 6.39. The van der Waals surface area contributed by atoms with E-state index in [0.717, 1.165) is 22.3 Å². The number of hydrogen-bond donors (Lipinski definition) is 4. The number of amides is 2. The second-order valence-electron chi connectivity index (χ2n) is 7.90. The maximum absolute atomic E-state index is 12.3. The molecule has 1 aliphatic carbocycles. The van der Waals surface area contributed by atoms with Crippen LogP contribution in [0.15, 0.2) is 54.6 Å². The van der Waals surface area contributed by atoms with Crippen LogP contribution in [-0.2, 0) is 9.53 Å².